The summed E-state index contributed by atoms with van der Waals surface area (Å²) in [4.78, 5) is 8.29. The molecular formula is C10H13ClN6. The molecule has 0 spiro atoms. The molecule has 6 nitrogen and oxygen atoms in total. The topological polar surface area (TPSA) is 67.7 Å². The van der Waals surface area contributed by atoms with Crippen molar-refractivity contribution >= 4 is 29.2 Å². The van der Waals surface area contributed by atoms with E-state index in [1.807, 2.05) is 20.0 Å². The number of aromatic nitrogens is 4. The zero-order valence-corrected chi connectivity index (χ0v) is 10.6. The third-order valence-electron chi connectivity index (χ3n) is 2.33. The van der Waals surface area contributed by atoms with Gasteiger partial charge in [0.05, 0.1) is 6.20 Å². The first-order chi connectivity index (χ1) is 8.10. The average Bonchev–Trinajstić information content (AvgIpc) is 2.61. The van der Waals surface area contributed by atoms with E-state index in [1.54, 1.807) is 17.9 Å². The first-order valence-electron chi connectivity index (χ1n) is 5.08. The quantitative estimate of drug-likeness (QED) is 0.874. The SMILES string of the molecule is CNc1nc(Nc2cc(C)n(C)n2)ncc1Cl. The minimum atomic E-state index is 0.455. The predicted octanol–water partition coefficient (Wildman–Crippen LogP) is 1.96. The van der Waals surface area contributed by atoms with Gasteiger partial charge in [-0.05, 0) is 6.92 Å². The number of aryl methyl sites for hydroxylation is 2. The molecule has 0 aliphatic rings. The molecule has 2 heterocycles. The lowest BCUT2D eigenvalue weighted by atomic mass is 10.4. The molecule has 17 heavy (non-hydrogen) atoms. The van der Waals surface area contributed by atoms with E-state index in [4.69, 9.17) is 11.6 Å². The summed E-state index contributed by atoms with van der Waals surface area (Å²) < 4.78 is 1.78. The molecule has 0 saturated carbocycles. The molecule has 0 fully saturated rings. The fourth-order valence-corrected chi connectivity index (χ4v) is 1.52. The molecule has 0 aliphatic heterocycles. The van der Waals surface area contributed by atoms with Crippen molar-refractivity contribution in [2.45, 2.75) is 6.92 Å². The van der Waals surface area contributed by atoms with Crippen molar-refractivity contribution in [3.63, 3.8) is 0 Å². The van der Waals surface area contributed by atoms with Gasteiger partial charge < -0.3 is 10.6 Å². The lowest BCUT2D eigenvalue weighted by molar-refractivity contribution is 0.743. The van der Waals surface area contributed by atoms with Crippen molar-refractivity contribution in [2.75, 3.05) is 17.7 Å². The summed E-state index contributed by atoms with van der Waals surface area (Å²) in [7, 11) is 3.63. The van der Waals surface area contributed by atoms with Crippen LogP contribution in [0.1, 0.15) is 5.69 Å². The Labute approximate surface area is 104 Å². The van der Waals surface area contributed by atoms with Gasteiger partial charge in [-0.1, -0.05) is 11.6 Å². The summed E-state index contributed by atoms with van der Waals surface area (Å²) in [5.41, 5.74) is 1.05. The van der Waals surface area contributed by atoms with Crippen LogP contribution in [-0.4, -0.2) is 26.8 Å². The van der Waals surface area contributed by atoms with Crippen LogP contribution in [0.3, 0.4) is 0 Å². The van der Waals surface area contributed by atoms with Crippen molar-refractivity contribution in [2.24, 2.45) is 7.05 Å². The fourth-order valence-electron chi connectivity index (χ4n) is 1.34. The van der Waals surface area contributed by atoms with Gasteiger partial charge >= 0.3 is 0 Å². The smallest absolute Gasteiger partial charge is 0.230 e. The lowest BCUT2D eigenvalue weighted by Gasteiger charge is -2.05. The molecule has 2 aromatic heterocycles. The van der Waals surface area contributed by atoms with Gasteiger partial charge in [-0.15, -0.1) is 0 Å². The summed E-state index contributed by atoms with van der Waals surface area (Å²) >= 11 is 5.89. The first-order valence-corrected chi connectivity index (χ1v) is 5.46. The van der Waals surface area contributed by atoms with Crippen LogP contribution in [-0.2, 0) is 7.05 Å². The molecule has 0 radical (unpaired) electrons. The molecular weight excluding hydrogens is 240 g/mol. The molecule has 2 aromatic rings. The monoisotopic (exact) mass is 252 g/mol. The number of hydrogen-bond donors (Lipinski definition) is 2. The van der Waals surface area contributed by atoms with Crippen molar-refractivity contribution < 1.29 is 0 Å². The number of rotatable bonds is 3. The Morgan fingerprint density at radius 3 is 2.76 bits per heavy atom. The van der Waals surface area contributed by atoms with Crippen LogP contribution in [0.25, 0.3) is 0 Å². The van der Waals surface area contributed by atoms with Gasteiger partial charge in [0.1, 0.15) is 10.8 Å². The summed E-state index contributed by atoms with van der Waals surface area (Å²) in [5.74, 6) is 1.74. The third kappa shape index (κ3) is 2.47. The van der Waals surface area contributed by atoms with Crippen molar-refractivity contribution in [3.8, 4) is 0 Å². The summed E-state index contributed by atoms with van der Waals surface area (Å²) in [6.07, 6.45) is 1.54. The highest BCUT2D eigenvalue weighted by Gasteiger charge is 2.06. The van der Waals surface area contributed by atoms with E-state index in [-0.39, 0.29) is 0 Å². The number of halogens is 1. The highest BCUT2D eigenvalue weighted by atomic mass is 35.5. The maximum absolute atomic E-state index is 5.89. The van der Waals surface area contributed by atoms with Crippen LogP contribution in [0, 0.1) is 6.92 Å². The fraction of sp³-hybridized carbons (Fsp3) is 0.300. The molecule has 0 unspecified atom stereocenters. The molecule has 7 heteroatoms. The Hall–Kier alpha value is -1.82. The molecule has 2 rings (SSSR count). The van der Waals surface area contributed by atoms with Gasteiger partial charge in [0.15, 0.2) is 5.82 Å². The van der Waals surface area contributed by atoms with Crippen LogP contribution >= 0.6 is 11.6 Å². The summed E-state index contributed by atoms with van der Waals surface area (Å²) in [6.45, 7) is 1.97. The van der Waals surface area contributed by atoms with Crippen molar-refractivity contribution in [1.29, 1.82) is 0 Å². The molecule has 0 atom stereocenters. The standard InChI is InChI=1S/C10H13ClN6/c1-6-4-8(16-17(6)3)14-10-13-5-7(11)9(12-2)15-10/h4-5H,1-3H3,(H2,12,13,14,15,16). The molecule has 2 N–H and O–H groups in total. The second kappa shape index (κ2) is 4.58. The van der Waals surface area contributed by atoms with E-state index in [0.717, 1.165) is 5.69 Å². The number of hydrogen-bond acceptors (Lipinski definition) is 5. The van der Waals surface area contributed by atoms with Gasteiger partial charge in [-0.2, -0.15) is 10.1 Å². The Balaban J connectivity index is 2.24. The minimum Gasteiger partial charge on any atom is -0.372 e. The van der Waals surface area contributed by atoms with E-state index < -0.39 is 0 Å². The molecule has 0 amide bonds. The maximum atomic E-state index is 5.89. The molecule has 90 valence electrons. The Morgan fingerprint density at radius 2 is 2.18 bits per heavy atom. The van der Waals surface area contributed by atoms with Gasteiger partial charge in [-0.25, -0.2) is 4.98 Å². The molecule has 0 bridgehead atoms. The Kier molecular flexibility index (Phi) is 3.14. The maximum Gasteiger partial charge on any atom is 0.230 e. The predicted molar refractivity (Wildman–Crippen MR) is 67.8 cm³/mol. The Bertz CT molecular complexity index is 516. The lowest BCUT2D eigenvalue weighted by Crippen LogP contribution is -2.02. The number of nitrogens with one attached hydrogen (secondary N) is 2. The van der Waals surface area contributed by atoms with E-state index in [2.05, 4.69) is 25.7 Å². The average molecular weight is 253 g/mol. The second-order valence-corrected chi connectivity index (χ2v) is 3.97. The van der Waals surface area contributed by atoms with Gasteiger partial charge in [-0.3, -0.25) is 4.68 Å². The summed E-state index contributed by atoms with van der Waals surface area (Å²) in [5, 5.41) is 10.6. The van der Waals surface area contributed by atoms with Crippen LogP contribution in [0.4, 0.5) is 17.6 Å². The highest BCUT2D eigenvalue weighted by molar-refractivity contribution is 6.32. The van der Waals surface area contributed by atoms with Crippen LogP contribution in [0.5, 0.6) is 0 Å². The van der Waals surface area contributed by atoms with Crippen LogP contribution in [0.15, 0.2) is 12.3 Å². The molecule has 0 aliphatic carbocycles. The zero-order chi connectivity index (χ0) is 12.4. The van der Waals surface area contributed by atoms with E-state index in [9.17, 15) is 0 Å². The minimum absolute atomic E-state index is 0.455. The van der Waals surface area contributed by atoms with Gasteiger partial charge in [0, 0.05) is 25.9 Å². The summed E-state index contributed by atoms with van der Waals surface area (Å²) in [6, 6.07) is 1.91. The largest absolute Gasteiger partial charge is 0.372 e. The van der Waals surface area contributed by atoms with Crippen LogP contribution in [0.2, 0.25) is 5.02 Å². The van der Waals surface area contributed by atoms with Crippen molar-refractivity contribution in [1.82, 2.24) is 19.7 Å². The second-order valence-electron chi connectivity index (χ2n) is 3.56. The Morgan fingerprint density at radius 1 is 1.41 bits per heavy atom. The normalized spacial score (nSPS) is 10.4. The van der Waals surface area contributed by atoms with Crippen molar-refractivity contribution in [3.05, 3.63) is 23.0 Å². The van der Waals surface area contributed by atoms with Gasteiger partial charge in [0.25, 0.3) is 0 Å². The zero-order valence-electron chi connectivity index (χ0n) is 9.82. The molecule has 0 saturated heterocycles. The molecule has 0 aromatic carbocycles. The first kappa shape index (κ1) is 11.7. The van der Waals surface area contributed by atoms with E-state index >= 15 is 0 Å². The number of anilines is 3. The van der Waals surface area contributed by atoms with Crippen LogP contribution < -0.4 is 10.6 Å². The highest BCUT2D eigenvalue weighted by Crippen LogP contribution is 2.20. The number of nitrogens with zero attached hydrogens (tertiary/aromatic N) is 4. The van der Waals surface area contributed by atoms with E-state index in [0.29, 0.717) is 22.6 Å². The third-order valence-corrected chi connectivity index (χ3v) is 2.61. The van der Waals surface area contributed by atoms with E-state index in [1.165, 1.54) is 0 Å². The van der Waals surface area contributed by atoms with Gasteiger partial charge in [0.2, 0.25) is 5.95 Å².